The van der Waals surface area contributed by atoms with Gasteiger partial charge in [0.2, 0.25) is 0 Å². The van der Waals surface area contributed by atoms with Gasteiger partial charge in [0.15, 0.2) is 12.2 Å². The van der Waals surface area contributed by atoms with Gasteiger partial charge in [-0.3, -0.25) is 14.8 Å². The first kappa shape index (κ1) is 20.8. The summed E-state index contributed by atoms with van der Waals surface area (Å²) >= 11 is 0. The number of fused-ring (bicyclic) bond motifs is 1. The Labute approximate surface area is 163 Å². The van der Waals surface area contributed by atoms with Crippen LogP contribution in [0.2, 0.25) is 0 Å². The van der Waals surface area contributed by atoms with E-state index in [0.717, 1.165) is 0 Å². The van der Waals surface area contributed by atoms with Crippen LogP contribution in [0.25, 0.3) is 11.0 Å². The fourth-order valence-corrected chi connectivity index (χ4v) is 3.03. The van der Waals surface area contributed by atoms with Crippen molar-refractivity contribution in [2.24, 2.45) is 0 Å². The number of nitrogens with one attached hydrogen (secondary N) is 1. The normalized spacial score (nSPS) is 20.9. The zero-order chi connectivity index (χ0) is 21.2. The molecule has 2 unspecified atom stereocenters. The highest BCUT2D eigenvalue weighted by atomic mass is 19.4. The summed E-state index contributed by atoms with van der Waals surface area (Å²) in [6.07, 6.45) is -6.37. The van der Waals surface area contributed by atoms with E-state index in [-0.39, 0.29) is 29.7 Å². The molecule has 1 fully saturated rings. The summed E-state index contributed by atoms with van der Waals surface area (Å²) in [5.74, 6) is -0.756. The second-order valence-electron chi connectivity index (χ2n) is 6.65. The number of carbonyl (C=O) groups is 1. The van der Waals surface area contributed by atoms with Crippen LogP contribution in [0.15, 0.2) is 24.5 Å². The summed E-state index contributed by atoms with van der Waals surface area (Å²) in [4.78, 5) is 21.9. The molecule has 1 aliphatic rings. The molecular formula is C18H18F3N5O3. The largest absolute Gasteiger partial charge is 0.416 e. The quantitative estimate of drug-likeness (QED) is 0.779. The van der Waals surface area contributed by atoms with Crippen molar-refractivity contribution in [1.29, 1.82) is 5.26 Å². The molecule has 1 aliphatic heterocycles. The minimum atomic E-state index is -4.68. The number of morpholine rings is 1. The number of aliphatic hydroxyl groups is 1. The van der Waals surface area contributed by atoms with Crippen LogP contribution in [-0.2, 0) is 9.53 Å². The van der Waals surface area contributed by atoms with E-state index in [1.165, 1.54) is 36.4 Å². The van der Waals surface area contributed by atoms with Gasteiger partial charge >= 0.3 is 6.18 Å². The Kier molecular flexibility index (Phi) is 5.86. The highest BCUT2D eigenvalue weighted by Gasteiger charge is 2.47. The molecule has 1 saturated heterocycles. The van der Waals surface area contributed by atoms with Crippen molar-refractivity contribution in [3.05, 3.63) is 30.1 Å². The van der Waals surface area contributed by atoms with Crippen LogP contribution >= 0.6 is 0 Å². The molecule has 0 saturated carbocycles. The summed E-state index contributed by atoms with van der Waals surface area (Å²) in [5, 5.41) is 20.9. The Hall–Kier alpha value is -2.97. The van der Waals surface area contributed by atoms with E-state index >= 15 is 0 Å². The SMILES string of the molecule is C[C@@H](O)CNC(=O)C1CN(c2ccc(C#N)c3nccnc23)CC(C(F)(F)F)O1. The first-order valence-electron chi connectivity index (χ1n) is 8.77. The lowest BCUT2D eigenvalue weighted by Gasteiger charge is -2.39. The molecule has 0 aliphatic carbocycles. The van der Waals surface area contributed by atoms with Gasteiger partial charge < -0.3 is 20.1 Å². The zero-order valence-electron chi connectivity index (χ0n) is 15.3. The molecule has 8 nitrogen and oxygen atoms in total. The zero-order valence-corrected chi connectivity index (χ0v) is 15.3. The fraction of sp³-hybridized carbons (Fsp3) is 0.444. The molecule has 11 heteroatoms. The van der Waals surface area contributed by atoms with Crippen molar-refractivity contribution < 1.29 is 27.8 Å². The molecule has 1 aromatic heterocycles. The van der Waals surface area contributed by atoms with Crippen LogP contribution in [0, 0.1) is 11.3 Å². The number of hydrogen-bond donors (Lipinski definition) is 2. The Morgan fingerprint density at radius 2 is 2.07 bits per heavy atom. The third-order valence-corrected chi connectivity index (χ3v) is 4.40. The third-order valence-electron chi connectivity index (χ3n) is 4.40. The van der Waals surface area contributed by atoms with Gasteiger partial charge in [-0.25, -0.2) is 0 Å². The topological polar surface area (TPSA) is 111 Å². The predicted octanol–water partition coefficient (Wildman–Crippen LogP) is 1.13. The van der Waals surface area contributed by atoms with Gasteiger partial charge in [-0.05, 0) is 19.1 Å². The molecular weight excluding hydrogens is 391 g/mol. The molecule has 1 aromatic carbocycles. The number of amides is 1. The first-order valence-corrected chi connectivity index (χ1v) is 8.77. The fourth-order valence-electron chi connectivity index (χ4n) is 3.03. The lowest BCUT2D eigenvalue weighted by Crippen LogP contribution is -2.57. The van der Waals surface area contributed by atoms with Crippen molar-refractivity contribution in [1.82, 2.24) is 15.3 Å². The maximum atomic E-state index is 13.4. The monoisotopic (exact) mass is 409 g/mol. The molecule has 2 heterocycles. The number of anilines is 1. The average Bonchev–Trinajstić information content (AvgIpc) is 2.70. The third kappa shape index (κ3) is 4.55. The lowest BCUT2D eigenvalue weighted by molar-refractivity contribution is -0.234. The van der Waals surface area contributed by atoms with E-state index in [9.17, 15) is 28.3 Å². The Morgan fingerprint density at radius 3 is 2.69 bits per heavy atom. The highest BCUT2D eigenvalue weighted by molar-refractivity contribution is 5.92. The highest BCUT2D eigenvalue weighted by Crippen LogP contribution is 2.33. The number of hydrogen-bond acceptors (Lipinski definition) is 7. The van der Waals surface area contributed by atoms with Crippen molar-refractivity contribution in [3.8, 4) is 6.07 Å². The number of alkyl halides is 3. The number of nitriles is 1. The summed E-state index contributed by atoms with van der Waals surface area (Å²) < 4.78 is 45.3. The van der Waals surface area contributed by atoms with Crippen LogP contribution in [0.3, 0.4) is 0 Å². The van der Waals surface area contributed by atoms with Crippen molar-refractivity contribution in [2.45, 2.75) is 31.4 Å². The van der Waals surface area contributed by atoms with Gasteiger partial charge in [-0.2, -0.15) is 18.4 Å². The maximum Gasteiger partial charge on any atom is 0.416 e. The van der Waals surface area contributed by atoms with Gasteiger partial charge in [-0.1, -0.05) is 0 Å². The molecule has 0 bridgehead atoms. The number of nitrogens with zero attached hydrogens (tertiary/aromatic N) is 4. The number of benzene rings is 1. The molecule has 0 radical (unpaired) electrons. The summed E-state index contributed by atoms with van der Waals surface area (Å²) in [6, 6.07) is 4.91. The Morgan fingerprint density at radius 1 is 1.38 bits per heavy atom. The van der Waals surface area contributed by atoms with E-state index in [4.69, 9.17) is 4.74 Å². The van der Waals surface area contributed by atoms with E-state index < -0.39 is 36.9 Å². The molecule has 3 rings (SSSR count). The minimum absolute atomic E-state index is 0.110. The van der Waals surface area contributed by atoms with E-state index in [1.54, 1.807) is 0 Å². The molecule has 0 spiro atoms. The predicted molar refractivity (Wildman–Crippen MR) is 95.9 cm³/mol. The van der Waals surface area contributed by atoms with Crippen molar-refractivity contribution >= 4 is 22.6 Å². The standard InChI is InChI=1S/C18H18F3N5O3/c1-10(27)7-25-17(28)13-8-26(9-14(29-13)18(19,20)21)12-3-2-11(6-22)15-16(12)24-5-4-23-15/h2-5,10,13-14,27H,7-9H2,1H3,(H,25,28)/t10-,13?,14?/m1/s1. The second kappa shape index (κ2) is 8.18. The number of aliphatic hydroxyl groups excluding tert-OH is 1. The smallest absolute Gasteiger partial charge is 0.392 e. The first-order chi connectivity index (χ1) is 13.7. The Balaban J connectivity index is 1.96. The van der Waals surface area contributed by atoms with Crippen LogP contribution in [0.4, 0.5) is 18.9 Å². The number of aromatic nitrogens is 2. The van der Waals surface area contributed by atoms with Gasteiger partial charge in [0.1, 0.15) is 17.1 Å². The molecule has 1 amide bonds. The Bertz CT molecular complexity index is 944. The van der Waals surface area contributed by atoms with Crippen molar-refractivity contribution in [3.63, 3.8) is 0 Å². The van der Waals surface area contributed by atoms with E-state index in [0.29, 0.717) is 5.69 Å². The van der Waals surface area contributed by atoms with Crippen LogP contribution < -0.4 is 10.2 Å². The average molecular weight is 409 g/mol. The number of halogens is 3. The minimum Gasteiger partial charge on any atom is -0.392 e. The van der Waals surface area contributed by atoms with Crippen LogP contribution in [0.1, 0.15) is 12.5 Å². The van der Waals surface area contributed by atoms with Crippen molar-refractivity contribution in [2.75, 3.05) is 24.5 Å². The maximum absolute atomic E-state index is 13.4. The lowest BCUT2D eigenvalue weighted by atomic mass is 10.1. The van der Waals surface area contributed by atoms with E-state index in [1.807, 2.05) is 6.07 Å². The van der Waals surface area contributed by atoms with E-state index in [2.05, 4.69) is 15.3 Å². The van der Waals surface area contributed by atoms with Crippen LogP contribution in [0.5, 0.6) is 0 Å². The molecule has 29 heavy (non-hydrogen) atoms. The molecule has 2 aromatic rings. The van der Waals surface area contributed by atoms with Gasteiger partial charge in [0.05, 0.1) is 30.4 Å². The molecule has 154 valence electrons. The van der Waals surface area contributed by atoms with Gasteiger partial charge in [-0.15, -0.1) is 0 Å². The van der Waals surface area contributed by atoms with Gasteiger partial charge in [0, 0.05) is 18.9 Å². The number of rotatable bonds is 4. The summed E-state index contributed by atoms with van der Waals surface area (Å²) in [7, 11) is 0. The second-order valence-corrected chi connectivity index (χ2v) is 6.65. The van der Waals surface area contributed by atoms with Gasteiger partial charge in [0.25, 0.3) is 5.91 Å². The summed E-state index contributed by atoms with van der Waals surface area (Å²) in [6.45, 7) is 0.631. The van der Waals surface area contributed by atoms with Crippen LogP contribution in [-0.4, -0.2) is 65.1 Å². The molecule has 3 atom stereocenters. The molecule has 2 N–H and O–H groups in total. The summed E-state index contributed by atoms with van der Waals surface area (Å²) in [5.41, 5.74) is 1.08. The number of ether oxygens (including phenoxy) is 1. The number of carbonyl (C=O) groups excluding carboxylic acids is 1.